The van der Waals surface area contributed by atoms with Crippen LogP contribution >= 0.6 is 0 Å². The summed E-state index contributed by atoms with van der Waals surface area (Å²) in [5.74, 6) is 0. The zero-order valence-electron chi connectivity index (χ0n) is 9.76. The monoisotopic (exact) mass is 231 g/mol. The topological polar surface area (TPSA) is 72.0 Å². The van der Waals surface area contributed by atoms with Crippen molar-refractivity contribution in [3.8, 4) is 0 Å². The van der Waals surface area contributed by atoms with Gasteiger partial charge in [0.05, 0.1) is 24.4 Å². The van der Waals surface area contributed by atoms with E-state index in [4.69, 9.17) is 10.7 Å². The number of nitrogens with zero attached hydrogens (tertiary/aromatic N) is 3. The Morgan fingerprint density at radius 2 is 2.29 bits per heavy atom. The molecule has 90 valence electrons. The highest BCUT2D eigenvalue weighted by Gasteiger charge is 2.13. The first kappa shape index (κ1) is 10.5. The summed E-state index contributed by atoms with van der Waals surface area (Å²) >= 11 is 0. The zero-order chi connectivity index (χ0) is 11.7. The predicted molar refractivity (Wildman–Crippen MR) is 66.1 cm³/mol. The number of hydrogen-bond donors (Lipinski definition) is 2. The molecular weight excluding hydrogens is 214 g/mol. The normalized spacial score (nSPS) is 18.3. The van der Waals surface area contributed by atoms with Gasteiger partial charge in [-0.05, 0) is 18.9 Å². The molecule has 2 aromatic rings. The van der Waals surface area contributed by atoms with E-state index >= 15 is 0 Å². The van der Waals surface area contributed by atoms with Crippen molar-refractivity contribution in [3.05, 3.63) is 23.9 Å². The number of H-pyrrole nitrogens is 1. The molecule has 2 aromatic heterocycles. The summed E-state index contributed by atoms with van der Waals surface area (Å²) in [4.78, 5) is 12.2. The summed E-state index contributed by atoms with van der Waals surface area (Å²) in [5.41, 5.74) is 8.59. The Balaban J connectivity index is 2.14. The molecule has 0 aromatic carbocycles. The third kappa shape index (κ3) is 1.86. The van der Waals surface area contributed by atoms with Gasteiger partial charge < -0.3 is 15.3 Å². The van der Waals surface area contributed by atoms with Crippen molar-refractivity contribution in [1.29, 1.82) is 0 Å². The molecule has 0 radical (unpaired) electrons. The van der Waals surface area contributed by atoms with Crippen molar-refractivity contribution in [2.45, 2.75) is 38.4 Å². The van der Waals surface area contributed by atoms with Crippen LogP contribution in [0.3, 0.4) is 0 Å². The van der Waals surface area contributed by atoms with Crippen LogP contribution in [0.15, 0.2) is 23.5 Å². The van der Waals surface area contributed by atoms with E-state index in [0.717, 1.165) is 16.7 Å². The van der Waals surface area contributed by atoms with Crippen LogP contribution in [-0.2, 0) is 6.67 Å². The number of fused-ring (bicyclic) bond motifs is 1. The summed E-state index contributed by atoms with van der Waals surface area (Å²) in [6, 6.07) is 2.44. The molecule has 0 amide bonds. The number of aromatic nitrogens is 3. The van der Waals surface area contributed by atoms with Gasteiger partial charge >= 0.3 is 0 Å². The first-order valence-electron chi connectivity index (χ1n) is 6.15. The molecule has 5 nitrogen and oxygen atoms in total. The van der Waals surface area contributed by atoms with Gasteiger partial charge in [0.2, 0.25) is 0 Å². The maximum absolute atomic E-state index is 5.81. The first-order chi connectivity index (χ1) is 8.38. The molecule has 3 rings (SSSR count). The van der Waals surface area contributed by atoms with Gasteiger partial charge in [-0.25, -0.2) is 4.98 Å². The van der Waals surface area contributed by atoms with Crippen molar-refractivity contribution in [2.75, 3.05) is 0 Å². The second-order valence-electron chi connectivity index (χ2n) is 4.51. The van der Waals surface area contributed by atoms with Crippen molar-refractivity contribution >= 4 is 11.2 Å². The second-order valence-corrected chi connectivity index (χ2v) is 4.51. The third-order valence-corrected chi connectivity index (χ3v) is 3.40. The molecule has 1 aliphatic rings. The number of nitrogens with one attached hydrogen (secondary N) is 1. The molecule has 0 atom stereocenters. The maximum Gasteiger partial charge on any atom is 0.154 e. The highest BCUT2D eigenvalue weighted by molar-refractivity contribution is 5.70. The van der Waals surface area contributed by atoms with Crippen LogP contribution in [0.1, 0.15) is 25.7 Å². The molecular formula is C12H17N5. The fourth-order valence-corrected chi connectivity index (χ4v) is 2.50. The largest absolute Gasteiger partial charge is 0.345 e. The molecule has 3 N–H and O–H groups in total. The highest BCUT2D eigenvalue weighted by Crippen LogP contribution is 2.20. The zero-order valence-corrected chi connectivity index (χ0v) is 9.76. The molecule has 0 bridgehead atoms. The van der Waals surface area contributed by atoms with Gasteiger partial charge in [-0.15, -0.1) is 0 Å². The van der Waals surface area contributed by atoms with E-state index in [1.807, 2.05) is 23.0 Å². The number of aromatic amines is 1. The lowest BCUT2D eigenvalue weighted by molar-refractivity contribution is 0.635. The predicted octanol–water partition coefficient (Wildman–Crippen LogP) is 1.12. The Hall–Kier alpha value is -1.62. The van der Waals surface area contributed by atoms with Crippen LogP contribution in [0.4, 0.5) is 0 Å². The molecule has 0 spiro atoms. The van der Waals surface area contributed by atoms with E-state index < -0.39 is 0 Å². The van der Waals surface area contributed by atoms with Gasteiger partial charge in [0.25, 0.3) is 0 Å². The van der Waals surface area contributed by atoms with E-state index in [-0.39, 0.29) is 0 Å². The van der Waals surface area contributed by atoms with Crippen molar-refractivity contribution in [3.63, 3.8) is 0 Å². The lowest BCUT2D eigenvalue weighted by Gasteiger charge is -2.08. The van der Waals surface area contributed by atoms with Gasteiger partial charge in [0.1, 0.15) is 5.49 Å². The number of rotatable bonds is 2. The van der Waals surface area contributed by atoms with Gasteiger partial charge in [0.15, 0.2) is 5.65 Å². The van der Waals surface area contributed by atoms with E-state index in [2.05, 4.69) is 9.97 Å². The Bertz CT molecular complexity index is 574. The Morgan fingerprint density at radius 3 is 3.06 bits per heavy atom. The average molecular weight is 231 g/mol. The SMILES string of the molecule is NCn1c(=NC2CCCC2)cnc2[nH]ccc21. The minimum Gasteiger partial charge on any atom is -0.345 e. The summed E-state index contributed by atoms with van der Waals surface area (Å²) in [7, 11) is 0. The average Bonchev–Trinajstić information content (AvgIpc) is 2.98. The standard InChI is InChI=1S/C12H17N5/c13-8-17-10-5-6-14-12(10)15-7-11(17)16-9-3-1-2-4-9/h5-7,9,14H,1-4,8,13H2. The van der Waals surface area contributed by atoms with Crippen LogP contribution in [0, 0.1) is 0 Å². The smallest absolute Gasteiger partial charge is 0.154 e. The quantitative estimate of drug-likeness (QED) is 0.813. The van der Waals surface area contributed by atoms with Crippen LogP contribution in [-0.4, -0.2) is 20.6 Å². The lowest BCUT2D eigenvalue weighted by Crippen LogP contribution is -2.27. The minimum absolute atomic E-state index is 0.433. The van der Waals surface area contributed by atoms with Crippen molar-refractivity contribution < 1.29 is 0 Å². The molecule has 1 fully saturated rings. The maximum atomic E-state index is 5.81. The molecule has 0 saturated heterocycles. The Kier molecular flexibility index (Phi) is 2.68. The van der Waals surface area contributed by atoms with E-state index in [9.17, 15) is 0 Å². The van der Waals surface area contributed by atoms with E-state index in [0.29, 0.717) is 12.7 Å². The third-order valence-electron chi connectivity index (χ3n) is 3.40. The van der Waals surface area contributed by atoms with Crippen LogP contribution in [0.2, 0.25) is 0 Å². The van der Waals surface area contributed by atoms with Crippen molar-refractivity contribution in [2.24, 2.45) is 10.7 Å². The van der Waals surface area contributed by atoms with Gasteiger partial charge in [-0.3, -0.25) is 4.99 Å². The fraction of sp³-hybridized carbons (Fsp3) is 0.500. The van der Waals surface area contributed by atoms with Crippen LogP contribution < -0.4 is 11.2 Å². The van der Waals surface area contributed by atoms with Crippen molar-refractivity contribution in [1.82, 2.24) is 14.5 Å². The number of nitrogens with two attached hydrogens (primary N) is 1. The molecule has 1 saturated carbocycles. The van der Waals surface area contributed by atoms with Crippen LogP contribution in [0.25, 0.3) is 11.2 Å². The first-order valence-corrected chi connectivity index (χ1v) is 6.15. The highest BCUT2D eigenvalue weighted by atomic mass is 15.1. The fourth-order valence-electron chi connectivity index (χ4n) is 2.50. The summed E-state index contributed by atoms with van der Waals surface area (Å²) in [6.07, 6.45) is 8.64. The molecule has 0 unspecified atom stereocenters. The second kappa shape index (κ2) is 4.33. The molecule has 1 aliphatic carbocycles. The molecule has 17 heavy (non-hydrogen) atoms. The van der Waals surface area contributed by atoms with Gasteiger partial charge in [-0.1, -0.05) is 12.8 Å². The van der Waals surface area contributed by atoms with E-state index in [1.165, 1.54) is 25.7 Å². The minimum atomic E-state index is 0.433. The van der Waals surface area contributed by atoms with Gasteiger partial charge in [-0.2, -0.15) is 0 Å². The van der Waals surface area contributed by atoms with Crippen LogP contribution in [0.5, 0.6) is 0 Å². The molecule has 2 heterocycles. The number of hydrogen-bond acceptors (Lipinski definition) is 3. The Labute approximate surface area is 99.4 Å². The molecule has 0 aliphatic heterocycles. The molecule has 5 heteroatoms. The summed E-state index contributed by atoms with van der Waals surface area (Å²) in [6.45, 7) is 0.433. The summed E-state index contributed by atoms with van der Waals surface area (Å²) in [5, 5.41) is 0. The lowest BCUT2D eigenvalue weighted by atomic mass is 10.3. The Morgan fingerprint density at radius 1 is 1.47 bits per heavy atom. The van der Waals surface area contributed by atoms with E-state index in [1.54, 1.807) is 0 Å². The van der Waals surface area contributed by atoms with Gasteiger partial charge in [0, 0.05) is 6.20 Å². The summed E-state index contributed by atoms with van der Waals surface area (Å²) < 4.78 is 2.01.